The lowest BCUT2D eigenvalue weighted by Gasteiger charge is -2.34. The van der Waals surface area contributed by atoms with E-state index >= 15 is 0 Å². The van der Waals surface area contributed by atoms with Crippen LogP contribution in [0.4, 0.5) is 0 Å². The van der Waals surface area contributed by atoms with Crippen molar-refractivity contribution in [3.63, 3.8) is 0 Å². The van der Waals surface area contributed by atoms with Crippen LogP contribution >= 0.6 is 11.3 Å². The van der Waals surface area contributed by atoms with Crippen molar-refractivity contribution in [2.24, 2.45) is 11.8 Å². The smallest absolute Gasteiger partial charge is 0.316 e. The summed E-state index contributed by atoms with van der Waals surface area (Å²) in [5.41, 5.74) is -0.736. The fraction of sp³-hybridized carbons (Fsp3) is 0.364. The molecule has 3 N–H and O–H groups in total. The molecule has 3 heterocycles. The number of thiophene rings is 1. The molecule has 10 heteroatoms. The maximum atomic E-state index is 13.3. The number of carboxylic acids is 2. The van der Waals surface area contributed by atoms with Gasteiger partial charge in [-0.25, -0.2) is 10.0 Å². The number of carboxylic acid groups (broad SMARTS) is 2. The fourth-order valence-corrected chi connectivity index (χ4v) is 5.03. The number of rotatable bonds is 9. The van der Waals surface area contributed by atoms with Crippen molar-refractivity contribution < 1.29 is 29.4 Å². The average molecular weight is 460 g/mol. The van der Waals surface area contributed by atoms with Gasteiger partial charge in [0.1, 0.15) is 12.0 Å². The normalized spacial score (nSPS) is 21.8. The lowest BCUT2D eigenvalue weighted by atomic mass is 9.80. The van der Waals surface area contributed by atoms with Crippen molar-refractivity contribution in [2.75, 3.05) is 6.54 Å². The van der Waals surface area contributed by atoms with Crippen LogP contribution in [-0.2, 0) is 25.6 Å². The maximum absolute atomic E-state index is 13.3. The molecule has 0 aliphatic carbocycles. The summed E-state index contributed by atoms with van der Waals surface area (Å²) in [5, 5.41) is 26.9. The topological polar surface area (TPSA) is 127 Å². The maximum Gasteiger partial charge on any atom is 0.316 e. The number of nitrogens with one attached hydrogen (secondary N) is 1. The monoisotopic (exact) mass is 459 g/mol. The predicted octanol–water partition coefficient (Wildman–Crippen LogP) is 1.65. The lowest BCUT2D eigenvalue weighted by molar-refractivity contribution is -0.143. The van der Waals surface area contributed by atoms with Crippen LogP contribution in [-0.4, -0.2) is 62.1 Å². The van der Waals surface area contributed by atoms with Gasteiger partial charge in [-0.2, -0.15) is 0 Å². The van der Waals surface area contributed by atoms with Gasteiger partial charge in [0, 0.05) is 11.4 Å². The Bertz CT molecular complexity index is 1010. The summed E-state index contributed by atoms with van der Waals surface area (Å²) >= 11 is 1.43. The van der Waals surface area contributed by atoms with Crippen molar-refractivity contribution >= 4 is 35.1 Å². The Labute approximate surface area is 189 Å². The second-order valence-electron chi connectivity index (χ2n) is 8.07. The summed E-state index contributed by atoms with van der Waals surface area (Å²) in [5.74, 6) is -5.85. The van der Waals surface area contributed by atoms with Crippen molar-refractivity contribution in [3.8, 4) is 0 Å². The zero-order valence-electron chi connectivity index (χ0n) is 17.8. The third-order valence-corrected chi connectivity index (χ3v) is 6.65. The molecule has 0 aromatic carbocycles. The number of carbonyl (C=O) groups excluding carboxylic acids is 2. The van der Waals surface area contributed by atoms with Gasteiger partial charge >= 0.3 is 11.9 Å². The first kappa shape index (κ1) is 23.4. The molecule has 3 rings (SSSR count). The molecular formula is C22H25N3O6S. The summed E-state index contributed by atoms with van der Waals surface area (Å²) in [7, 11) is 0. The van der Waals surface area contributed by atoms with E-state index in [2.05, 4.69) is 18.5 Å². The molecule has 0 radical (unpaired) electrons. The summed E-state index contributed by atoms with van der Waals surface area (Å²) in [6.45, 7) is 10.7. The molecule has 1 aromatic rings. The van der Waals surface area contributed by atoms with Crippen molar-refractivity contribution in [1.29, 1.82) is 0 Å². The zero-order valence-corrected chi connectivity index (χ0v) is 18.6. The molecule has 2 unspecified atom stereocenters. The highest BCUT2D eigenvalue weighted by atomic mass is 32.1. The van der Waals surface area contributed by atoms with Crippen molar-refractivity contribution in [3.05, 3.63) is 59.0 Å². The SMILES string of the molecule is C=CC(C(=O)O)C1=C(C(C=C)C(=O)O)C(C)(C)N2C[C@H](NC(=O)Cc3cccs3)C(=O)N12. The largest absolute Gasteiger partial charge is 0.481 e. The minimum absolute atomic E-state index is 0.0322. The molecule has 0 spiro atoms. The zero-order chi connectivity index (χ0) is 23.8. The van der Waals surface area contributed by atoms with E-state index in [-0.39, 0.29) is 30.1 Å². The number of nitrogens with zero attached hydrogens (tertiary/aromatic N) is 2. The van der Waals surface area contributed by atoms with E-state index in [4.69, 9.17) is 0 Å². The molecular weight excluding hydrogens is 434 g/mol. The molecule has 1 aromatic heterocycles. The van der Waals surface area contributed by atoms with Gasteiger partial charge in [0.2, 0.25) is 5.91 Å². The first-order valence-electron chi connectivity index (χ1n) is 9.93. The molecule has 1 saturated heterocycles. The Hall–Kier alpha value is -3.24. The molecule has 2 aliphatic heterocycles. The van der Waals surface area contributed by atoms with Crippen LogP contribution in [0.5, 0.6) is 0 Å². The minimum atomic E-state index is -1.32. The van der Waals surface area contributed by atoms with Crippen molar-refractivity contribution in [2.45, 2.75) is 31.8 Å². The highest BCUT2D eigenvalue weighted by Crippen LogP contribution is 2.47. The molecule has 2 aliphatic rings. The first-order valence-corrected chi connectivity index (χ1v) is 10.8. The molecule has 1 fully saturated rings. The fourth-order valence-electron chi connectivity index (χ4n) is 4.33. The number of carbonyl (C=O) groups is 4. The highest BCUT2D eigenvalue weighted by molar-refractivity contribution is 7.10. The lowest BCUT2D eigenvalue weighted by Crippen LogP contribution is -2.47. The molecule has 9 nitrogen and oxygen atoms in total. The summed E-state index contributed by atoms with van der Waals surface area (Å²) < 4.78 is 0. The van der Waals surface area contributed by atoms with Crippen LogP contribution in [0, 0.1) is 11.8 Å². The van der Waals surface area contributed by atoms with E-state index < -0.39 is 41.3 Å². The van der Waals surface area contributed by atoms with Gasteiger partial charge in [-0.15, -0.1) is 24.5 Å². The van der Waals surface area contributed by atoms with Crippen LogP contribution in [0.3, 0.4) is 0 Å². The van der Waals surface area contributed by atoms with Crippen LogP contribution in [0.25, 0.3) is 0 Å². The molecule has 32 heavy (non-hydrogen) atoms. The summed E-state index contributed by atoms with van der Waals surface area (Å²) in [4.78, 5) is 50.6. The van der Waals surface area contributed by atoms with Gasteiger partial charge in [-0.05, 0) is 30.9 Å². The van der Waals surface area contributed by atoms with E-state index in [0.717, 1.165) is 11.0 Å². The van der Waals surface area contributed by atoms with Gasteiger partial charge in [-0.3, -0.25) is 19.2 Å². The van der Waals surface area contributed by atoms with E-state index in [0.29, 0.717) is 0 Å². The summed E-state index contributed by atoms with van der Waals surface area (Å²) in [6.07, 6.45) is 2.51. The molecule has 3 atom stereocenters. The van der Waals surface area contributed by atoms with E-state index in [1.807, 2.05) is 17.5 Å². The van der Waals surface area contributed by atoms with Gasteiger partial charge in [0.25, 0.3) is 5.91 Å². The summed E-state index contributed by atoms with van der Waals surface area (Å²) in [6, 6.07) is 2.75. The Kier molecular flexibility index (Phi) is 6.38. The second-order valence-corrected chi connectivity index (χ2v) is 9.10. The van der Waals surface area contributed by atoms with Gasteiger partial charge in [0.15, 0.2) is 0 Å². The quantitative estimate of drug-likeness (QED) is 0.479. The second kappa shape index (κ2) is 8.71. The van der Waals surface area contributed by atoms with Crippen LogP contribution < -0.4 is 5.32 Å². The number of aliphatic carboxylic acids is 2. The van der Waals surface area contributed by atoms with Gasteiger partial charge in [0.05, 0.1) is 23.6 Å². The molecule has 0 bridgehead atoms. The third kappa shape index (κ3) is 3.87. The predicted molar refractivity (Wildman–Crippen MR) is 117 cm³/mol. The van der Waals surface area contributed by atoms with Gasteiger partial charge in [-0.1, -0.05) is 18.2 Å². The average Bonchev–Trinajstić information content (AvgIpc) is 3.37. The van der Waals surface area contributed by atoms with Crippen LogP contribution in [0.2, 0.25) is 0 Å². The number of hydrazine groups is 1. The van der Waals surface area contributed by atoms with Crippen LogP contribution in [0.1, 0.15) is 18.7 Å². The van der Waals surface area contributed by atoms with Crippen LogP contribution in [0.15, 0.2) is 54.1 Å². The third-order valence-electron chi connectivity index (χ3n) is 5.77. The minimum Gasteiger partial charge on any atom is -0.481 e. The number of amides is 2. The number of fused-ring (bicyclic) bond motifs is 1. The number of hydrogen-bond acceptors (Lipinski definition) is 6. The van der Waals surface area contributed by atoms with E-state index in [1.165, 1.54) is 22.4 Å². The Morgan fingerprint density at radius 1 is 1.25 bits per heavy atom. The van der Waals surface area contributed by atoms with E-state index in [1.54, 1.807) is 18.9 Å². The molecule has 0 saturated carbocycles. The van der Waals surface area contributed by atoms with E-state index in [9.17, 15) is 29.4 Å². The molecule has 2 amide bonds. The standard InChI is InChI=1S/C22H25N3O6S/c1-5-13(20(28)29)17-18(14(6-2)21(30)31)25-19(27)15(11-24(25)22(17,3)4)23-16(26)10-12-8-7-9-32-12/h5-9,13-15H,1-2,10-11H2,3-4H3,(H,23,26)(H,28,29)(H,30,31)/t13?,14?,15-/m0/s1. The Balaban J connectivity index is 2.01. The highest BCUT2D eigenvalue weighted by Gasteiger charge is 2.57. The number of hydrogen-bond donors (Lipinski definition) is 3. The first-order chi connectivity index (χ1) is 15.0. The van der Waals surface area contributed by atoms with Gasteiger partial charge < -0.3 is 15.5 Å². The van der Waals surface area contributed by atoms with Crippen molar-refractivity contribution in [1.82, 2.24) is 15.3 Å². The molecule has 170 valence electrons. The Morgan fingerprint density at radius 2 is 1.88 bits per heavy atom. The Morgan fingerprint density at radius 3 is 2.38 bits per heavy atom.